The van der Waals surface area contributed by atoms with Gasteiger partial charge in [-0.15, -0.1) is 0 Å². The summed E-state index contributed by atoms with van der Waals surface area (Å²) in [5, 5.41) is 5.93. The van der Waals surface area contributed by atoms with Gasteiger partial charge in [-0.05, 0) is 44.4 Å². The standard InChI is InChI=1S/C19H35N3O2/c1-14(21-18(23)12-15-8-4-2-5-9-15)19(24)22-17(13-20)16-10-6-3-7-11-16/h14-17H,2-13,20H2,1H3,(H,21,23)(H,22,24). The average molecular weight is 338 g/mol. The van der Waals surface area contributed by atoms with Crippen molar-refractivity contribution in [3.8, 4) is 0 Å². The lowest BCUT2D eigenvalue weighted by atomic mass is 9.84. The van der Waals surface area contributed by atoms with Gasteiger partial charge in [0.05, 0.1) is 0 Å². The van der Waals surface area contributed by atoms with E-state index in [1.165, 1.54) is 38.5 Å². The summed E-state index contributed by atoms with van der Waals surface area (Å²) in [6.45, 7) is 2.24. The predicted octanol–water partition coefficient (Wildman–Crippen LogP) is 2.49. The van der Waals surface area contributed by atoms with Crippen molar-refractivity contribution >= 4 is 11.8 Å². The van der Waals surface area contributed by atoms with Crippen molar-refractivity contribution < 1.29 is 9.59 Å². The van der Waals surface area contributed by atoms with Crippen LogP contribution in [0.1, 0.15) is 77.6 Å². The van der Waals surface area contributed by atoms with Crippen LogP contribution < -0.4 is 16.4 Å². The summed E-state index contributed by atoms with van der Waals surface area (Å²) in [5.41, 5.74) is 5.87. The molecule has 2 fully saturated rings. The highest BCUT2D eigenvalue weighted by Crippen LogP contribution is 2.27. The summed E-state index contributed by atoms with van der Waals surface area (Å²) in [5.74, 6) is 0.880. The molecule has 2 saturated carbocycles. The van der Waals surface area contributed by atoms with Crippen LogP contribution in [0, 0.1) is 11.8 Å². The molecule has 0 saturated heterocycles. The van der Waals surface area contributed by atoms with E-state index >= 15 is 0 Å². The maximum absolute atomic E-state index is 12.4. The van der Waals surface area contributed by atoms with E-state index in [1.54, 1.807) is 6.92 Å². The fourth-order valence-corrected chi connectivity index (χ4v) is 4.23. The zero-order valence-electron chi connectivity index (χ0n) is 15.2. The minimum Gasteiger partial charge on any atom is -0.350 e. The zero-order valence-corrected chi connectivity index (χ0v) is 15.2. The Balaban J connectivity index is 1.74. The quantitative estimate of drug-likeness (QED) is 0.667. The highest BCUT2D eigenvalue weighted by molar-refractivity contribution is 5.87. The number of carbonyl (C=O) groups is 2. The lowest BCUT2D eigenvalue weighted by molar-refractivity contribution is -0.129. The number of hydrogen-bond acceptors (Lipinski definition) is 3. The van der Waals surface area contributed by atoms with Crippen molar-refractivity contribution in [1.29, 1.82) is 0 Å². The molecule has 5 nitrogen and oxygen atoms in total. The number of carbonyl (C=O) groups excluding carboxylic acids is 2. The SMILES string of the molecule is CC(NC(=O)CC1CCCCC1)C(=O)NC(CN)C1CCCCC1. The van der Waals surface area contributed by atoms with Gasteiger partial charge in [0.25, 0.3) is 0 Å². The first kappa shape index (κ1) is 19.2. The Hall–Kier alpha value is -1.10. The van der Waals surface area contributed by atoms with E-state index < -0.39 is 6.04 Å². The van der Waals surface area contributed by atoms with E-state index in [1.807, 2.05) is 0 Å². The van der Waals surface area contributed by atoms with Gasteiger partial charge in [0.15, 0.2) is 0 Å². The van der Waals surface area contributed by atoms with Crippen LogP contribution in [-0.4, -0.2) is 30.4 Å². The van der Waals surface area contributed by atoms with Crippen LogP contribution in [-0.2, 0) is 9.59 Å². The Morgan fingerprint density at radius 3 is 2.12 bits per heavy atom. The first-order valence-electron chi connectivity index (χ1n) is 9.90. The Morgan fingerprint density at radius 1 is 0.958 bits per heavy atom. The summed E-state index contributed by atoms with van der Waals surface area (Å²) in [6, 6.07) is -0.450. The number of rotatable bonds is 7. The first-order valence-corrected chi connectivity index (χ1v) is 9.90. The van der Waals surface area contributed by atoms with E-state index in [0.29, 0.717) is 24.8 Å². The Bertz CT molecular complexity index is 401. The van der Waals surface area contributed by atoms with E-state index in [9.17, 15) is 9.59 Å². The minimum absolute atomic E-state index is 0.00603. The summed E-state index contributed by atoms with van der Waals surface area (Å²) in [4.78, 5) is 24.6. The summed E-state index contributed by atoms with van der Waals surface area (Å²) < 4.78 is 0. The molecule has 0 aliphatic heterocycles. The van der Waals surface area contributed by atoms with Crippen molar-refractivity contribution in [3.05, 3.63) is 0 Å². The number of nitrogens with two attached hydrogens (primary N) is 1. The zero-order chi connectivity index (χ0) is 17.4. The smallest absolute Gasteiger partial charge is 0.242 e. The third-order valence-electron chi connectivity index (χ3n) is 5.77. The second-order valence-corrected chi connectivity index (χ2v) is 7.75. The average Bonchev–Trinajstić information content (AvgIpc) is 2.60. The Kier molecular flexibility index (Phi) is 8.03. The molecule has 0 aromatic carbocycles. The Labute approximate surface area is 146 Å². The maximum atomic E-state index is 12.4. The monoisotopic (exact) mass is 337 g/mol. The van der Waals surface area contributed by atoms with Gasteiger partial charge in [-0.25, -0.2) is 0 Å². The van der Waals surface area contributed by atoms with Gasteiger partial charge in [0, 0.05) is 19.0 Å². The molecule has 0 spiro atoms. The van der Waals surface area contributed by atoms with Crippen LogP contribution in [0.15, 0.2) is 0 Å². The molecule has 4 N–H and O–H groups in total. The second kappa shape index (κ2) is 10.0. The third-order valence-corrected chi connectivity index (χ3v) is 5.77. The van der Waals surface area contributed by atoms with Crippen LogP contribution in [0.4, 0.5) is 0 Å². The molecular weight excluding hydrogens is 302 g/mol. The largest absolute Gasteiger partial charge is 0.350 e. The molecule has 2 aliphatic carbocycles. The van der Waals surface area contributed by atoms with Crippen molar-refractivity contribution in [3.63, 3.8) is 0 Å². The lowest BCUT2D eigenvalue weighted by Crippen LogP contribution is -2.52. The molecule has 0 aromatic heterocycles. The third kappa shape index (κ3) is 6.08. The molecule has 0 bridgehead atoms. The van der Waals surface area contributed by atoms with Gasteiger partial charge in [-0.2, -0.15) is 0 Å². The normalized spacial score (nSPS) is 22.6. The van der Waals surface area contributed by atoms with Gasteiger partial charge in [0.1, 0.15) is 6.04 Å². The highest BCUT2D eigenvalue weighted by Gasteiger charge is 2.26. The molecular formula is C19H35N3O2. The molecule has 138 valence electrons. The van der Waals surface area contributed by atoms with Crippen LogP contribution in [0.3, 0.4) is 0 Å². The van der Waals surface area contributed by atoms with Gasteiger partial charge >= 0.3 is 0 Å². The number of amides is 2. The van der Waals surface area contributed by atoms with Crippen molar-refractivity contribution in [2.45, 2.75) is 89.6 Å². The van der Waals surface area contributed by atoms with Crippen LogP contribution in [0.2, 0.25) is 0 Å². The fraction of sp³-hybridized carbons (Fsp3) is 0.895. The molecule has 5 heteroatoms. The molecule has 2 amide bonds. The molecule has 24 heavy (non-hydrogen) atoms. The molecule has 0 heterocycles. The first-order chi connectivity index (χ1) is 11.6. The Morgan fingerprint density at radius 2 is 1.54 bits per heavy atom. The molecule has 2 aliphatic rings. The van der Waals surface area contributed by atoms with E-state index in [4.69, 9.17) is 5.73 Å². The van der Waals surface area contributed by atoms with Gasteiger partial charge < -0.3 is 16.4 Å². The van der Waals surface area contributed by atoms with Gasteiger partial charge in [0.2, 0.25) is 11.8 Å². The van der Waals surface area contributed by atoms with E-state index in [2.05, 4.69) is 10.6 Å². The van der Waals surface area contributed by atoms with E-state index in [-0.39, 0.29) is 17.9 Å². The molecule has 2 rings (SSSR count). The number of hydrogen-bond donors (Lipinski definition) is 3. The number of nitrogens with one attached hydrogen (secondary N) is 2. The van der Waals surface area contributed by atoms with Crippen molar-refractivity contribution in [1.82, 2.24) is 10.6 Å². The lowest BCUT2D eigenvalue weighted by Gasteiger charge is -2.31. The maximum Gasteiger partial charge on any atom is 0.242 e. The van der Waals surface area contributed by atoms with Crippen LogP contribution >= 0.6 is 0 Å². The highest BCUT2D eigenvalue weighted by atomic mass is 16.2. The van der Waals surface area contributed by atoms with Crippen LogP contribution in [0.5, 0.6) is 0 Å². The van der Waals surface area contributed by atoms with Gasteiger partial charge in [-0.3, -0.25) is 9.59 Å². The summed E-state index contributed by atoms with van der Waals surface area (Å²) in [7, 11) is 0. The molecule has 0 aromatic rings. The van der Waals surface area contributed by atoms with E-state index in [0.717, 1.165) is 25.7 Å². The molecule has 2 atom stereocenters. The van der Waals surface area contributed by atoms with Crippen LogP contribution in [0.25, 0.3) is 0 Å². The second-order valence-electron chi connectivity index (χ2n) is 7.75. The predicted molar refractivity (Wildman–Crippen MR) is 96.4 cm³/mol. The van der Waals surface area contributed by atoms with Gasteiger partial charge in [-0.1, -0.05) is 38.5 Å². The molecule has 0 radical (unpaired) electrons. The minimum atomic E-state index is -0.487. The molecule has 2 unspecified atom stereocenters. The topological polar surface area (TPSA) is 84.2 Å². The summed E-state index contributed by atoms with van der Waals surface area (Å²) in [6.07, 6.45) is 12.6. The summed E-state index contributed by atoms with van der Waals surface area (Å²) >= 11 is 0. The van der Waals surface area contributed by atoms with Crippen molar-refractivity contribution in [2.24, 2.45) is 17.6 Å². The van der Waals surface area contributed by atoms with Crippen molar-refractivity contribution in [2.75, 3.05) is 6.54 Å². The fourth-order valence-electron chi connectivity index (χ4n) is 4.23.